The van der Waals surface area contributed by atoms with Gasteiger partial charge in [0.05, 0.1) is 0 Å². The summed E-state index contributed by atoms with van der Waals surface area (Å²) in [7, 11) is 0. The molecule has 0 unspecified atom stereocenters. The van der Waals surface area contributed by atoms with Crippen molar-refractivity contribution in [2.45, 2.75) is 25.7 Å². The number of piperidine rings is 1. The number of carbonyl (C=O) groups is 2. The molecule has 0 spiro atoms. The Kier molecular flexibility index (Phi) is 5.71. The molecule has 2 aromatic heterocycles. The number of likely N-dealkylation sites (tertiary alicyclic amines) is 1. The second-order valence-electron chi connectivity index (χ2n) is 7.18. The minimum atomic E-state index is -0.192. The van der Waals surface area contributed by atoms with Crippen molar-refractivity contribution < 1.29 is 9.59 Å². The van der Waals surface area contributed by atoms with E-state index in [0.717, 1.165) is 17.8 Å². The molecule has 1 saturated heterocycles. The Balaban J connectivity index is 1.42. The van der Waals surface area contributed by atoms with E-state index in [2.05, 4.69) is 20.3 Å². The van der Waals surface area contributed by atoms with Gasteiger partial charge < -0.3 is 15.2 Å². The molecule has 0 radical (unpaired) electrons. The molecule has 30 heavy (non-hydrogen) atoms. The maximum atomic E-state index is 12.8. The van der Waals surface area contributed by atoms with Crippen molar-refractivity contribution in [2.24, 2.45) is 0 Å². The van der Waals surface area contributed by atoms with Crippen LogP contribution in [-0.4, -0.2) is 44.8 Å². The van der Waals surface area contributed by atoms with Gasteiger partial charge in [-0.25, -0.2) is 9.97 Å². The van der Waals surface area contributed by atoms with Gasteiger partial charge in [0.25, 0.3) is 11.5 Å². The van der Waals surface area contributed by atoms with E-state index in [4.69, 9.17) is 0 Å². The van der Waals surface area contributed by atoms with Gasteiger partial charge in [-0.3, -0.25) is 14.4 Å². The summed E-state index contributed by atoms with van der Waals surface area (Å²) >= 11 is 1.44. The number of hydrogen-bond donors (Lipinski definition) is 2. The molecule has 1 fully saturated rings. The number of aromatic nitrogens is 3. The largest absolute Gasteiger partial charge is 0.339 e. The van der Waals surface area contributed by atoms with Crippen molar-refractivity contribution >= 4 is 28.8 Å². The number of nitrogens with zero attached hydrogens (tertiary/aromatic N) is 3. The minimum absolute atomic E-state index is 0.0409. The van der Waals surface area contributed by atoms with E-state index in [0.29, 0.717) is 35.9 Å². The van der Waals surface area contributed by atoms with E-state index in [1.807, 2.05) is 10.3 Å². The number of rotatable bonds is 4. The van der Waals surface area contributed by atoms with Crippen LogP contribution in [0.5, 0.6) is 0 Å². The Morgan fingerprint density at radius 2 is 1.93 bits per heavy atom. The van der Waals surface area contributed by atoms with Crippen molar-refractivity contribution in [2.75, 3.05) is 18.4 Å². The van der Waals surface area contributed by atoms with Crippen LogP contribution in [0, 0.1) is 0 Å². The van der Waals surface area contributed by atoms with Crippen molar-refractivity contribution in [3.63, 3.8) is 0 Å². The third-order valence-corrected chi connectivity index (χ3v) is 5.83. The topological polar surface area (TPSA) is 108 Å². The van der Waals surface area contributed by atoms with Crippen LogP contribution in [0.2, 0.25) is 0 Å². The quantitative estimate of drug-likeness (QED) is 0.671. The zero-order chi connectivity index (χ0) is 21.1. The first-order chi connectivity index (χ1) is 14.5. The molecule has 0 saturated carbocycles. The Bertz CT molecular complexity index is 1100. The SMILES string of the molecule is CC(=O)Nc1ccc(C(=O)N2CCC(c3nc(-c4nccs4)cc(=O)[nH]3)CC2)cc1. The van der Waals surface area contributed by atoms with Crippen molar-refractivity contribution in [3.8, 4) is 10.7 Å². The average Bonchev–Trinajstić information content (AvgIpc) is 3.28. The summed E-state index contributed by atoms with van der Waals surface area (Å²) in [6.45, 7) is 2.61. The number of hydrogen-bond acceptors (Lipinski definition) is 6. The molecule has 2 N–H and O–H groups in total. The molecule has 0 atom stereocenters. The Labute approximate surface area is 177 Å². The highest BCUT2D eigenvalue weighted by molar-refractivity contribution is 7.13. The third kappa shape index (κ3) is 4.46. The third-order valence-electron chi connectivity index (χ3n) is 5.03. The van der Waals surface area contributed by atoms with Crippen LogP contribution in [-0.2, 0) is 4.79 Å². The highest BCUT2D eigenvalue weighted by atomic mass is 32.1. The first-order valence-electron chi connectivity index (χ1n) is 9.67. The maximum absolute atomic E-state index is 12.8. The van der Waals surface area contributed by atoms with Crippen molar-refractivity contribution in [3.05, 3.63) is 63.7 Å². The fourth-order valence-electron chi connectivity index (χ4n) is 3.57. The Morgan fingerprint density at radius 3 is 2.57 bits per heavy atom. The van der Waals surface area contributed by atoms with Crippen LogP contribution >= 0.6 is 11.3 Å². The molecule has 8 nitrogen and oxygen atoms in total. The molecule has 154 valence electrons. The average molecular weight is 423 g/mol. The van der Waals surface area contributed by atoms with Crippen LogP contribution in [0.25, 0.3) is 10.7 Å². The van der Waals surface area contributed by atoms with Gasteiger partial charge in [0.15, 0.2) is 0 Å². The predicted molar refractivity (Wildman–Crippen MR) is 115 cm³/mol. The zero-order valence-electron chi connectivity index (χ0n) is 16.4. The number of anilines is 1. The number of aromatic amines is 1. The summed E-state index contributed by atoms with van der Waals surface area (Å²) in [4.78, 5) is 49.5. The van der Waals surface area contributed by atoms with Crippen LogP contribution < -0.4 is 10.9 Å². The molecule has 9 heteroatoms. The summed E-state index contributed by atoms with van der Waals surface area (Å²) in [5.74, 6) is 0.547. The summed E-state index contributed by atoms with van der Waals surface area (Å²) in [6, 6.07) is 8.35. The number of H-pyrrole nitrogens is 1. The smallest absolute Gasteiger partial charge is 0.253 e. The second kappa shape index (κ2) is 8.58. The number of carbonyl (C=O) groups excluding carboxylic acids is 2. The molecule has 2 amide bonds. The van der Waals surface area contributed by atoms with E-state index in [-0.39, 0.29) is 23.3 Å². The van der Waals surface area contributed by atoms with E-state index in [1.54, 1.807) is 30.5 Å². The van der Waals surface area contributed by atoms with E-state index in [9.17, 15) is 14.4 Å². The number of nitrogens with one attached hydrogen (secondary N) is 2. The predicted octanol–water partition coefficient (Wildman–Crippen LogP) is 2.87. The standard InChI is InChI=1S/C21H21N5O3S/c1-13(27)23-16-4-2-15(3-5-16)21(29)26-9-6-14(7-10-26)19-24-17(12-18(28)25-19)20-22-8-11-30-20/h2-5,8,11-12,14H,6-7,9-10H2,1H3,(H,23,27)(H,24,25,28). The second-order valence-corrected chi connectivity index (χ2v) is 8.07. The summed E-state index contributed by atoms with van der Waals surface area (Å²) in [6.07, 6.45) is 3.13. The molecule has 3 heterocycles. The summed E-state index contributed by atoms with van der Waals surface area (Å²) in [5.41, 5.74) is 1.64. The highest BCUT2D eigenvalue weighted by Crippen LogP contribution is 2.28. The van der Waals surface area contributed by atoms with E-state index in [1.165, 1.54) is 24.3 Å². The van der Waals surface area contributed by atoms with Gasteiger partial charge in [-0.15, -0.1) is 11.3 Å². The molecule has 3 aromatic rings. The van der Waals surface area contributed by atoms with Crippen LogP contribution in [0.3, 0.4) is 0 Å². The molecular formula is C21H21N5O3S. The fraction of sp³-hybridized carbons (Fsp3) is 0.286. The molecular weight excluding hydrogens is 402 g/mol. The number of thiazole rings is 1. The van der Waals surface area contributed by atoms with Crippen molar-refractivity contribution in [1.29, 1.82) is 0 Å². The van der Waals surface area contributed by atoms with Crippen LogP contribution in [0.15, 0.2) is 46.7 Å². The monoisotopic (exact) mass is 423 g/mol. The fourth-order valence-corrected chi connectivity index (χ4v) is 4.16. The van der Waals surface area contributed by atoms with Gasteiger partial charge in [0, 0.05) is 54.8 Å². The summed E-state index contributed by atoms with van der Waals surface area (Å²) < 4.78 is 0. The van der Waals surface area contributed by atoms with E-state index < -0.39 is 0 Å². The Hall–Kier alpha value is -3.33. The van der Waals surface area contributed by atoms with E-state index >= 15 is 0 Å². The number of benzene rings is 1. The van der Waals surface area contributed by atoms with Crippen LogP contribution in [0.4, 0.5) is 5.69 Å². The zero-order valence-corrected chi connectivity index (χ0v) is 17.2. The normalized spacial score (nSPS) is 14.5. The van der Waals surface area contributed by atoms with Crippen LogP contribution in [0.1, 0.15) is 41.9 Å². The minimum Gasteiger partial charge on any atom is -0.339 e. The van der Waals surface area contributed by atoms with Gasteiger partial charge in [-0.2, -0.15) is 0 Å². The first-order valence-corrected chi connectivity index (χ1v) is 10.6. The maximum Gasteiger partial charge on any atom is 0.253 e. The Morgan fingerprint density at radius 1 is 1.20 bits per heavy atom. The van der Waals surface area contributed by atoms with Gasteiger partial charge in [0.1, 0.15) is 16.5 Å². The van der Waals surface area contributed by atoms with Gasteiger partial charge in [0.2, 0.25) is 5.91 Å². The molecule has 1 aromatic carbocycles. The summed E-state index contributed by atoms with van der Waals surface area (Å²) in [5, 5.41) is 5.26. The van der Waals surface area contributed by atoms with Gasteiger partial charge >= 0.3 is 0 Å². The molecule has 0 bridgehead atoms. The molecule has 4 rings (SSSR count). The lowest BCUT2D eigenvalue weighted by Crippen LogP contribution is -2.38. The molecule has 1 aliphatic heterocycles. The van der Waals surface area contributed by atoms with Gasteiger partial charge in [-0.1, -0.05) is 0 Å². The first kappa shape index (κ1) is 20.0. The van der Waals surface area contributed by atoms with Crippen molar-refractivity contribution in [1.82, 2.24) is 19.9 Å². The highest BCUT2D eigenvalue weighted by Gasteiger charge is 2.26. The number of amides is 2. The molecule has 1 aliphatic rings. The van der Waals surface area contributed by atoms with Gasteiger partial charge in [-0.05, 0) is 37.1 Å². The lowest BCUT2D eigenvalue weighted by molar-refractivity contribution is -0.114. The lowest BCUT2D eigenvalue weighted by Gasteiger charge is -2.31. The molecule has 0 aliphatic carbocycles. The lowest BCUT2D eigenvalue weighted by atomic mass is 9.95.